The third-order valence-corrected chi connectivity index (χ3v) is 6.83. The van der Waals surface area contributed by atoms with E-state index in [1.807, 2.05) is 37.3 Å². The quantitative estimate of drug-likeness (QED) is 0.380. The van der Waals surface area contributed by atoms with Crippen molar-refractivity contribution in [3.63, 3.8) is 0 Å². The van der Waals surface area contributed by atoms with Crippen LogP contribution in [0.2, 0.25) is 0 Å². The van der Waals surface area contributed by atoms with Gasteiger partial charge in [-0.05, 0) is 55.0 Å². The summed E-state index contributed by atoms with van der Waals surface area (Å²) in [5.41, 5.74) is 1.49. The van der Waals surface area contributed by atoms with E-state index in [1.165, 1.54) is 24.5 Å². The number of hydrogen-bond acceptors (Lipinski definition) is 5. The summed E-state index contributed by atoms with van der Waals surface area (Å²) in [7, 11) is -1.96. The van der Waals surface area contributed by atoms with Gasteiger partial charge in [-0.25, -0.2) is 13.1 Å². The third kappa shape index (κ3) is 5.24. The molecule has 2 heterocycles. The van der Waals surface area contributed by atoms with E-state index < -0.39 is 10.0 Å². The zero-order valence-electron chi connectivity index (χ0n) is 18.3. The minimum absolute atomic E-state index is 0.0707. The van der Waals surface area contributed by atoms with Gasteiger partial charge in [-0.15, -0.1) is 0 Å². The molecule has 0 radical (unpaired) electrons. The number of carbonyl (C=O) groups excluding carboxylic acids is 1. The molecule has 0 fully saturated rings. The van der Waals surface area contributed by atoms with Crippen molar-refractivity contribution in [2.75, 3.05) is 7.05 Å². The lowest BCUT2D eigenvalue weighted by Gasteiger charge is -2.21. The summed E-state index contributed by atoms with van der Waals surface area (Å²) in [5.74, 6) is 1.04. The molecule has 170 valence electrons. The number of amides is 1. The van der Waals surface area contributed by atoms with E-state index in [9.17, 15) is 13.2 Å². The van der Waals surface area contributed by atoms with Crippen molar-refractivity contribution < 1.29 is 22.0 Å². The predicted octanol–water partition coefficient (Wildman–Crippen LogP) is 4.74. The van der Waals surface area contributed by atoms with E-state index in [-0.39, 0.29) is 23.4 Å². The first-order valence-electron chi connectivity index (χ1n) is 10.4. The Morgan fingerprint density at radius 2 is 1.85 bits per heavy atom. The van der Waals surface area contributed by atoms with Gasteiger partial charge in [0, 0.05) is 18.5 Å². The highest BCUT2D eigenvalue weighted by atomic mass is 32.2. The Hall–Kier alpha value is -3.62. The minimum Gasteiger partial charge on any atom is -0.468 e. The maximum Gasteiger partial charge on any atom is 0.246 e. The molecule has 2 aromatic heterocycles. The monoisotopic (exact) mass is 464 g/mol. The summed E-state index contributed by atoms with van der Waals surface area (Å²) < 4.78 is 38.4. The Morgan fingerprint density at radius 3 is 2.55 bits per heavy atom. The fraction of sp³-hybridized carbons (Fsp3) is 0.160. The number of benzene rings is 2. The van der Waals surface area contributed by atoms with Gasteiger partial charge in [0.25, 0.3) is 0 Å². The summed E-state index contributed by atoms with van der Waals surface area (Å²) in [6.07, 6.45) is 4.59. The Morgan fingerprint density at radius 1 is 1.09 bits per heavy atom. The van der Waals surface area contributed by atoms with Crippen LogP contribution in [0.3, 0.4) is 0 Å². The molecule has 4 rings (SSSR count). The molecule has 2 aromatic carbocycles. The van der Waals surface area contributed by atoms with Gasteiger partial charge in [0.2, 0.25) is 15.9 Å². The fourth-order valence-electron chi connectivity index (χ4n) is 3.30. The summed E-state index contributed by atoms with van der Waals surface area (Å²) in [6.45, 7) is 1.97. The van der Waals surface area contributed by atoms with E-state index in [0.717, 1.165) is 11.0 Å². The van der Waals surface area contributed by atoms with Crippen molar-refractivity contribution in [2.45, 2.75) is 24.4 Å². The Balaban J connectivity index is 1.39. The van der Waals surface area contributed by atoms with Gasteiger partial charge < -0.3 is 13.7 Å². The van der Waals surface area contributed by atoms with E-state index in [1.54, 1.807) is 42.3 Å². The summed E-state index contributed by atoms with van der Waals surface area (Å²) in [5, 5.41) is 0.990. The van der Waals surface area contributed by atoms with Crippen LogP contribution in [0.1, 0.15) is 30.0 Å². The average molecular weight is 465 g/mol. The van der Waals surface area contributed by atoms with Crippen molar-refractivity contribution in [3.8, 4) is 0 Å². The Bertz CT molecular complexity index is 1340. The van der Waals surface area contributed by atoms with Crippen molar-refractivity contribution in [1.29, 1.82) is 0 Å². The first kappa shape index (κ1) is 22.6. The zero-order valence-corrected chi connectivity index (χ0v) is 19.1. The molecule has 33 heavy (non-hydrogen) atoms. The molecule has 1 N–H and O–H groups in total. The van der Waals surface area contributed by atoms with Crippen LogP contribution in [0.5, 0.6) is 0 Å². The van der Waals surface area contributed by atoms with Gasteiger partial charge in [-0.1, -0.05) is 30.3 Å². The zero-order chi connectivity index (χ0) is 23.4. The van der Waals surface area contributed by atoms with E-state index in [2.05, 4.69) is 4.72 Å². The van der Waals surface area contributed by atoms with Crippen LogP contribution in [0, 0.1) is 0 Å². The molecule has 1 atom stereocenters. The minimum atomic E-state index is -3.67. The van der Waals surface area contributed by atoms with E-state index in [4.69, 9.17) is 8.83 Å². The molecule has 0 bridgehead atoms. The van der Waals surface area contributed by atoms with Gasteiger partial charge in [0.1, 0.15) is 17.1 Å². The second-order valence-corrected chi connectivity index (χ2v) is 9.38. The molecule has 0 saturated carbocycles. The number of furan rings is 2. The van der Waals surface area contributed by atoms with E-state index >= 15 is 0 Å². The number of nitrogens with one attached hydrogen (secondary N) is 1. The number of para-hydroxylation sites is 1. The number of likely N-dealkylation sites (N-methyl/N-ethyl adjacent to an activating group) is 1. The third-order valence-electron chi connectivity index (χ3n) is 5.41. The predicted molar refractivity (Wildman–Crippen MR) is 126 cm³/mol. The van der Waals surface area contributed by atoms with Crippen LogP contribution in [0.25, 0.3) is 17.0 Å². The Labute approximate surface area is 192 Å². The number of fused-ring (bicyclic) bond motifs is 1. The van der Waals surface area contributed by atoms with Gasteiger partial charge in [-0.2, -0.15) is 0 Å². The normalized spacial score (nSPS) is 12.9. The summed E-state index contributed by atoms with van der Waals surface area (Å²) >= 11 is 0. The first-order chi connectivity index (χ1) is 15.8. The average Bonchev–Trinajstić information content (AvgIpc) is 3.50. The maximum atomic E-state index is 12.7. The number of sulfonamides is 1. The van der Waals surface area contributed by atoms with Crippen LogP contribution in [-0.2, 0) is 21.4 Å². The van der Waals surface area contributed by atoms with Gasteiger partial charge in [0.15, 0.2) is 0 Å². The van der Waals surface area contributed by atoms with Crippen molar-refractivity contribution in [2.24, 2.45) is 0 Å². The van der Waals surface area contributed by atoms with Crippen molar-refractivity contribution in [1.82, 2.24) is 9.62 Å². The molecule has 0 saturated heterocycles. The lowest BCUT2D eigenvalue weighted by Crippen LogP contribution is -2.27. The topological polar surface area (TPSA) is 92.8 Å². The molecule has 0 aliphatic heterocycles. The highest BCUT2D eigenvalue weighted by molar-refractivity contribution is 7.89. The lowest BCUT2D eigenvalue weighted by molar-refractivity contribution is -0.126. The number of hydrogen-bond donors (Lipinski definition) is 1. The Kier molecular flexibility index (Phi) is 6.48. The second-order valence-electron chi connectivity index (χ2n) is 7.62. The van der Waals surface area contributed by atoms with E-state index in [0.29, 0.717) is 17.1 Å². The maximum absolute atomic E-state index is 12.7. The standard InChI is InChI=1S/C25H24N2O5S/c1-18(24-16-20-6-3-4-8-23(20)32-24)27(2)25(28)14-11-19-9-12-22(13-10-19)33(29,30)26-17-21-7-5-15-31-21/h3-16,18,26H,17H2,1-2H3/b14-11+. The van der Waals surface area contributed by atoms with Crippen LogP contribution in [0.15, 0.2) is 92.8 Å². The summed E-state index contributed by atoms with van der Waals surface area (Å²) in [6, 6.07) is 19.1. The van der Waals surface area contributed by atoms with Gasteiger partial charge >= 0.3 is 0 Å². The van der Waals surface area contributed by atoms with Crippen LogP contribution < -0.4 is 4.72 Å². The number of carbonyl (C=O) groups is 1. The summed E-state index contributed by atoms with van der Waals surface area (Å²) in [4.78, 5) is 14.4. The number of nitrogens with zero attached hydrogens (tertiary/aromatic N) is 1. The molecular formula is C25H24N2O5S. The van der Waals surface area contributed by atoms with Crippen LogP contribution >= 0.6 is 0 Å². The molecule has 1 unspecified atom stereocenters. The largest absolute Gasteiger partial charge is 0.468 e. The fourth-order valence-corrected chi connectivity index (χ4v) is 4.29. The molecule has 0 spiro atoms. The molecule has 0 aliphatic carbocycles. The second kappa shape index (κ2) is 9.48. The number of rotatable bonds is 8. The SMILES string of the molecule is CC(c1cc2ccccc2o1)N(C)C(=O)/C=C/c1ccc(S(=O)(=O)NCc2ccco2)cc1. The van der Waals surface area contributed by atoms with Crippen molar-refractivity contribution in [3.05, 3.63) is 96.2 Å². The molecule has 1 amide bonds. The molecule has 7 nitrogen and oxygen atoms in total. The molecular weight excluding hydrogens is 440 g/mol. The first-order valence-corrected chi connectivity index (χ1v) is 11.9. The smallest absolute Gasteiger partial charge is 0.246 e. The van der Waals surface area contributed by atoms with Crippen molar-refractivity contribution >= 4 is 33.0 Å². The lowest BCUT2D eigenvalue weighted by atomic mass is 10.2. The highest BCUT2D eigenvalue weighted by Crippen LogP contribution is 2.26. The van der Waals surface area contributed by atoms with Gasteiger partial charge in [0.05, 0.1) is 23.7 Å². The van der Waals surface area contributed by atoms with Gasteiger partial charge in [-0.3, -0.25) is 4.79 Å². The highest BCUT2D eigenvalue weighted by Gasteiger charge is 2.19. The van der Waals surface area contributed by atoms with Crippen LogP contribution in [0.4, 0.5) is 0 Å². The molecule has 4 aromatic rings. The van der Waals surface area contributed by atoms with Crippen LogP contribution in [-0.4, -0.2) is 26.3 Å². The molecule has 8 heteroatoms. The molecule has 0 aliphatic rings.